The Morgan fingerprint density at radius 1 is 1.42 bits per heavy atom. The van der Waals surface area contributed by atoms with Gasteiger partial charge in [-0.05, 0) is 26.3 Å². The molecule has 0 saturated heterocycles. The average molecular weight is 361 g/mol. The minimum atomic E-state index is -1.01. The lowest BCUT2D eigenvalue weighted by atomic mass is 9.88. The van der Waals surface area contributed by atoms with Gasteiger partial charge in [0.05, 0.1) is 16.9 Å². The first-order valence-corrected chi connectivity index (χ1v) is 8.37. The van der Waals surface area contributed by atoms with E-state index in [0.29, 0.717) is 23.6 Å². The number of ether oxygens (including phenoxy) is 2. The fraction of sp³-hybridized carbons (Fsp3) is 0.529. The third-order valence-corrected chi connectivity index (χ3v) is 5.13. The van der Waals surface area contributed by atoms with Crippen molar-refractivity contribution in [1.82, 2.24) is 5.01 Å². The van der Waals surface area contributed by atoms with Crippen LogP contribution in [0.15, 0.2) is 23.3 Å². The standard InChI is InChI=1S/C17H19N3O6/c1-17(2)14(21)13(9-5-4-8(20(23)24)6-12(9)26-17)25-15-10-7-11(10)16(22)19(3)18-15/h4-6,10-11,13-14,21H,7H2,1-3H3/t10-,11+,13+,14-/m1/s1. The number of hydrogen-bond donors (Lipinski definition) is 1. The van der Waals surface area contributed by atoms with Crippen LogP contribution in [0, 0.1) is 22.0 Å². The van der Waals surface area contributed by atoms with Gasteiger partial charge in [-0.15, -0.1) is 5.10 Å². The van der Waals surface area contributed by atoms with Gasteiger partial charge in [-0.3, -0.25) is 14.9 Å². The minimum Gasteiger partial charge on any atom is -0.484 e. The number of hydrogen-bond acceptors (Lipinski definition) is 7. The Kier molecular flexibility index (Phi) is 3.49. The maximum absolute atomic E-state index is 11.9. The van der Waals surface area contributed by atoms with Crippen molar-refractivity contribution in [3.05, 3.63) is 33.9 Å². The summed E-state index contributed by atoms with van der Waals surface area (Å²) in [5.74, 6) is 0.481. The number of aliphatic hydroxyl groups excluding tert-OH is 1. The lowest BCUT2D eigenvalue weighted by Gasteiger charge is -2.42. The number of carbonyl (C=O) groups excluding carboxylic acids is 1. The number of amides is 1. The van der Waals surface area contributed by atoms with Crippen LogP contribution in [0.3, 0.4) is 0 Å². The summed E-state index contributed by atoms with van der Waals surface area (Å²) in [5.41, 5.74) is -0.591. The molecule has 0 aromatic heterocycles. The highest BCUT2D eigenvalue weighted by atomic mass is 16.6. The number of carbonyl (C=O) groups is 1. The number of nitro groups is 1. The number of hydrazone groups is 1. The van der Waals surface area contributed by atoms with Crippen LogP contribution in [0.25, 0.3) is 0 Å². The third-order valence-electron chi connectivity index (χ3n) is 5.13. The molecule has 1 saturated carbocycles. The fourth-order valence-corrected chi connectivity index (χ4v) is 3.46. The molecular formula is C17H19N3O6. The van der Waals surface area contributed by atoms with E-state index in [9.17, 15) is 20.0 Å². The number of non-ortho nitro benzene ring substituents is 1. The van der Waals surface area contributed by atoms with Gasteiger partial charge in [-0.2, -0.15) is 0 Å². The third kappa shape index (κ3) is 2.50. The zero-order chi connectivity index (χ0) is 18.8. The van der Waals surface area contributed by atoms with Crippen LogP contribution in [0.1, 0.15) is 31.9 Å². The number of nitro benzene ring substituents is 1. The lowest BCUT2D eigenvalue weighted by Crippen LogP contribution is -2.50. The van der Waals surface area contributed by atoms with Gasteiger partial charge in [0.1, 0.15) is 17.5 Å². The van der Waals surface area contributed by atoms with Crippen molar-refractivity contribution in [2.45, 2.75) is 38.1 Å². The van der Waals surface area contributed by atoms with Gasteiger partial charge in [0.25, 0.3) is 5.69 Å². The second-order valence-corrected chi connectivity index (χ2v) is 7.42. The molecule has 9 heteroatoms. The zero-order valence-electron chi connectivity index (χ0n) is 14.6. The van der Waals surface area contributed by atoms with E-state index in [-0.39, 0.29) is 23.4 Å². The molecule has 0 radical (unpaired) electrons. The average Bonchev–Trinajstić information content (AvgIpc) is 3.36. The molecule has 2 heterocycles. The molecule has 1 aliphatic carbocycles. The van der Waals surface area contributed by atoms with Crippen molar-refractivity contribution in [1.29, 1.82) is 0 Å². The largest absolute Gasteiger partial charge is 0.484 e. The number of aliphatic hydroxyl groups is 1. The molecule has 4 rings (SSSR count). The zero-order valence-corrected chi connectivity index (χ0v) is 14.6. The molecule has 4 atom stereocenters. The molecule has 0 spiro atoms. The van der Waals surface area contributed by atoms with Crippen LogP contribution in [-0.2, 0) is 9.53 Å². The second-order valence-electron chi connectivity index (χ2n) is 7.42. The van der Waals surface area contributed by atoms with Gasteiger partial charge in [0, 0.05) is 24.6 Å². The normalized spacial score (nSPS) is 31.3. The fourth-order valence-electron chi connectivity index (χ4n) is 3.46. The maximum Gasteiger partial charge on any atom is 0.273 e. The summed E-state index contributed by atoms with van der Waals surface area (Å²) >= 11 is 0. The number of benzene rings is 1. The Hall–Kier alpha value is -2.68. The van der Waals surface area contributed by atoms with Gasteiger partial charge >= 0.3 is 0 Å². The second kappa shape index (κ2) is 5.41. The van der Waals surface area contributed by atoms with Gasteiger partial charge in [0.15, 0.2) is 6.10 Å². The summed E-state index contributed by atoms with van der Waals surface area (Å²) in [7, 11) is 1.57. The summed E-state index contributed by atoms with van der Waals surface area (Å²) in [5, 5.41) is 27.2. The van der Waals surface area contributed by atoms with Crippen LogP contribution in [0.2, 0.25) is 0 Å². The topological polar surface area (TPSA) is 114 Å². The number of fused-ring (bicyclic) bond motifs is 2. The van der Waals surface area contributed by atoms with E-state index in [1.807, 2.05) is 0 Å². The highest BCUT2D eigenvalue weighted by Crippen LogP contribution is 2.48. The van der Waals surface area contributed by atoms with Gasteiger partial charge in [0.2, 0.25) is 11.8 Å². The summed E-state index contributed by atoms with van der Waals surface area (Å²) in [4.78, 5) is 22.4. The molecule has 2 aliphatic heterocycles. The van der Waals surface area contributed by atoms with E-state index < -0.39 is 22.7 Å². The molecule has 0 unspecified atom stereocenters. The molecule has 9 nitrogen and oxygen atoms in total. The summed E-state index contributed by atoms with van der Waals surface area (Å²) in [6, 6.07) is 4.21. The molecule has 0 bridgehead atoms. The number of rotatable bonds is 2. The molecule has 1 aromatic rings. The van der Waals surface area contributed by atoms with E-state index in [0.717, 1.165) is 0 Å². The smallest absolute Gasteiger partial charge is 0.273 e. The van der Waals surface area contributed by atoms with Crippen molar-refractivity contribution < 1.29 is 24.3 Å². The van der Waals surface area contributed by atoms with Crippen molar-refractivity contribution >= 4 is 17.5 Å². The summed E-state index contributed by atoms with van der Waals surface area (Å²) in [6.07, 6.45) is -1.13. The minimum absolute atomic E-state index is 0.0359. The van der Waals surface area contributed by atoms with Crippen molar-refractivity contribution in [2.75, 3.05) is 7.05 Å². The van der Waals surface area contributed by atoms with E-state index >= 15 is 0 Å². The van der Waals surface area contributed by atoms with Crippen LogP contribution in [0.4, 0.5) is 5.69 Å². The predicted molar refractivity (Wildman–Crippen MR) is 89.4 cm³/mol. The lowest BCUT2D eigenvalue weighted by molar-refractivity contribution is -0.385. The maximum atomic E-state index is 11.9. The van der Waals surface area contributed by atoms with Gasteiger partial charge < -0.3 is 14.6 Å². The Labute approximate surface area is 149 Å². The molecule has 1 aromatic carbocycles. The Morgan fingerprint density at radius 2 is 2.15 bits per heavy atom. The van der Waals surface area contributed by atoms with Gasteiger partial charge in [-0.1, -0.05) is 0 Å². The van der Waals surface area contributed by atoms with Crippen molar-refractivity contribution in [3.63, 3.8) is 0 Å². The molecule has 1 fully saturated rings. The monoisotopic (exact) mass is 361 g/mol. The highest BCUT2D eigenvalue weighted by molar-refractivity contribution is 5.96. The van der Waals surface area contributed by atoms with E-state index in [4.69, 9.17) is 9.47 Å². The Bertz CT molecular complexity index is 836. The van der Waals surface area contributed by atoms with Crippen LogP contribution < -0.4 is 4.74 Å². The van der Waals surface area contributed by atoms with Crippen molar-refractivity contribution in [3.8, 4) is 5.75 Å². The first kappa shape index (κ1) is 16.8. The molecule has 1 amide bonds. The summed E-state index contributed by atoms with van der Waals surface area (Å²) < 4.78 is 11.8. The molecule has 3 aliphatic rings. The molecule has 138 valence electrons. The van der Waals surface area contributed by atoms with Crippen molar-refractivity contribution in [2.24, 2.45) is 16.9 Å². The molecule has 26 heavy (non-hydrogen) atoms. The van der Waals surface area contributed by atoms with E-state index in [2.05, 4.69) is 5.10 Å². The first-order chi connectivity index (χ1) is 12.2. The van der Waals surface area contributed by atoms with E-state index in [1.165, 1.54) is 23.2 Å². The molecular weight excluding hydrogens is 342 g/mol. The van der Waals surface area contributed by atoms with Crippen LogP contribution in [-0.4, -0.2) is 45.6 Å². The van der Waals surface area contributed by atoms with Crippen LogP contribution in [0.5, 0.6) is 5.75 Å². The van der Waals surface area contributed by atoms with E-state index in [1.54, 1.807) is 20.9 Å². The number of nitrogens with zero attached hydrogens (tertiary/aromatic N) is 3. The quantitative estimate of drug-likeness (QED) is 0.632. The Morgan fingerprint density at radius 3 is 2.85 bits per heavy atom. The SMILES string of the molecule is CN1N=C(O[C@H]2c3ccc([N+](=O)[O-])cc3OC(C)(C)[C@@H]2O)[C@@H]2C[C@@H]2C1=O. The first-order valence-electron chi connectivity index (χ1n) is 8.37. The molecule has 1 N–H and O–H groups in total. The summed E-state index contributed by atoms with van der Waals surface area (Å²) in [6.45, 7) is 3.38. The Balaban J connectivity index is 1.70. The predicted octanol–water partition coefficient (Wildman–Crippen LogP) is 1.61. The highest BCUT2D eigenvalue weighted by Gasteiger charge is 2.54. The van der Waals surface area contributed by atoms with Crippen LogP contribution >= 0.6 is 0 Å². The van der Waals surface area contributed by atoms with Gasteiger partial charge in [-0.25, -0.2) is 5.01 Å².